The maximum Gasteiger partial charge on any atom is 0.165 e. The standard InChI is InChI=1S/C15H24N2O2.ClH/c1-11-9-17(12(2)8-16-11)10-13-6-5-7-14(18-3)15(13)19-4;/h5-7,11-12,16H,8-10H2,1-4H3;1H. The Kier molecular flexibility index (Phi) is 6.59. The van der Waals surface area contributed by atoms with E-state index >= 15 is 0 Å². The van der Waals surface area contributed by atoms with Crippen LogP contribution in [0.15, 0.2) is 18.2 Å². The molecule has 0 aromatic heterocycles. The molecule has 0 bridgehead atoms. The number of benzene rings is 1. The predicted octanol–water partition coefficient (Wildman–Crippen LogP) is 2.31. The van der Waals surface area contributed by atoms with Gasteiger partial charge in [-0.2, -0.15) is 0 Å². The molecule has 1 aromatic carbocycles. The summed E-state index contributed by atoms with van der Waals surface area (Å²) in [6, 6.07) is 7.14. The Labute approximate surface area is 127 Å². The van der Waals surface area contributed by atoms with E-state index < -0.39 is 0 Å². The highest BCUT2D eigenvalue weighted by molar-refractivity contribution is 5.85. The largest absolute Gasteiger partial charge is 0.493 e. The zero-order valence-corrected chi connectivity index (χ0v) is 13.5. The first-order valence-corrected chi connectivity index (χ1v) is 6.83. The van der Waals surface area contributed by atoms with E-state index in [1.165, 1.54) is 5.56 Å². The van der Waals surface area contributed by atoms with Gasteiger partial charge >= 0.3 is 0 Å². The molecule has 1 aliphatic rings. The van der Waals surface area contributed by atoms with Crippen LogP contribution in [0.3, 0.4) is 0 Å². The maximum absolute atomic E-state index is 5.50. The third kappa shape index (κ3) is 3.78. The molecule has 1 saturated heterocycles. The predicted molar refractivity (Wildman–Crippen MR) is 84.1 cm³/mol. The van der Waals surface area contributed by atoms with E-state index in [1.807, 2.05) is 12.1 Å². The molecule has 2 rings (SSSR count). The maximum atomic E-state index is 5.50. The molecule has 114 valence electrons. The van der Waals surface area contributed by atoms with Crippen molar-refractivity contribution < 1.29 is 9.47 Å². The van der Waals surface area contributed by atoms with Crippen LogP contribution in [-0.4, -0.2) is 44.3 Å². The van der Waals surface area contributed by atoms with Crippen molar-refractivity contribution in [2.75, 3.05) is 27.3 Å². The first kappa shape index (κ1) is 17.1. The van der Waals surface area contributed by atoms with Crippen molar-refractivity contribution in [2.45, 2.75) is 32.5 Å². The van der Waals surface area contributed by atoms with Gasteiger partial charge in [-0.15, -0.1) is 12.4 Å². The van der Waals surface area contributed by atoms with Gasteiger partial charge in [-0.25, -0.2) is 0 Å². The summed E-state index contributed by atoms with van der Waals surface area (Å²) in [5, 5.41) is 3.50. The van der Waals surface area contributed by atoms with Gasteiger partial charge in [0, 0.05) is 37.3 Å². The Morgan fingerprint density at radius 3 is 2.65 bits per heavy atom. The number of nitrogens with zero attached hydrogens (tertiary/aromatic N) is 1. The van der Waals surface area contributed by atoms with Crippen LogP contribution in [0.1, 0.15) is 19.4 Å². The second kappa shape index (κ2) is 7.72. The van der Waals surface area contributed by atoms with Crippen LogP contribution in [0.2, 0.25) is 0 Å². The van der Waals surface area contributed by atoms with Crippen molar-refractivity contribution in [2.24, 2.45) is 0 Å². The Morgan fingerprint density at radius 1 is 1.25 bits per heavy atom. The third-order valence-electron chi connectivity index (χ3n) is 3.75. The van der Waals surface area contributed by atoms with Gasteiger partial charge in [-0.05, 0) is 19.9 Å². The fourth-order valence-electron chi connectivity index (χ4n) is 2.61. The molecule has 4 nitrogen and oxygen atoms in total. The summed E-state index contributed by atoms with van der Waals surface area (Å²) in [6.45, 7) is 7.47. The number of piperazine rings is 1. The van der Waals surface area contributed by atoms with Crippen LogP contribution in [-0.2, 0) is 6.54 Å². The molecule has 2 atom stereocenters. The summed E-state index contributed by atoms with van der Waals surface area (Å²) < 4.78 is 10.9. The normalized spacial score (nSPS) is 23.0. The number of hydrogen-bond acceptors (Lipinski definition) is 4. The molecule has 0 saturated carbocycles. The fraction of sp³-hybridized carbons (Fsp3) is 0.600. The molecule has 1 aromatic rings. The minimum Gasteiger partial charge on any atom is -0.493 e. The first-order chi connectivity index (χ1) is 9.15. The molecular formula is C15H25ClN2O2. The van der Waals surface area contributed by atoms with Gasteiger partial charge in [0.05, 0.1) is 14.2 Å². The van der Waals surface area contributed by atoms with Gasteiger partial charge < -0.3 is 14.8 Å². The van der Waals surface area contributed by atoms with Crippen LogP contribution >= 0.6 is 12.4 Å². The van der Waals surface area contributed by atoms with Gasteiger partial charge in [-0.3, -0.25) is 4.90 Å². The van der Waals surface area contributed by atoms with Gasteiger partial charge in [-0.1, -0.05) is 12.1 Å². The second-order valence-corrected chi connectivity index (χ2v) is 5.24. The van der Waals surface area contributed by atoms with Gasteiger partial charge in [0.1, 0.15) is 0 Å². The number of rotatable bonds is 4. The summed E-state index contributed by atoms with van der Waals surface area (Å²) in [7, 11) is 3.38. The number of ether oxygens (including phenoxy) is 2. The zero-order valence-electron chi connectivity index (χ0n) is 12.7. The Morgan fingerprint density at radius 2 is 2.00 bits per heavy atom. The Bertz CT molecular complexity index is 428. The lowest BCUT2D eigenvalue weighted by molar-refractivity contribution is 0.137. The van der Waals surface area contributed by atoms with Gasteiger partial charge in [0.25, 0.3) is 0 Å². The molecule has 5 heteroatoms. The molecule has 1 aliphatic heterocycles. The average molecular weight is 301 g/mol. The monoisotopic (exact) mass is 300 g/mol. The minimum atomic E-state index is 0. The SMILES string of the molecule is COc1cccc(CN2CC(C)NCC2C)c1OC.Cl. The third-order valence-corrected chi connectivity index (χ3v) is 3.75. The van der Waals surface area contributed by atoms with Crippen LogP contribution in [0.4, 0.5) is 0 Å². The number of nitrogens with one attached hydrogen (secondary N) is 1. The van der Waals surface area contributed by atoms with Crippen molar-refractivity contribution in [1.82, 2.24) is 10.2 Å². The quantitative estimate of drug-likeness (QED) is 0.925. The summed E-state index contributed by atoms with van der Waals surface area (Å²) in [5.74, 6) is 1.65. The molecular weight excluding hydrogens is 276 g/mol. The van der Waals surface area contributed by atoms with Crippen molar-refractivity contribution in [3.05, 3.63) is 23.8 Å². The average Bonchev–Trinajstić information content (AvgIpc) is 2.42. The smallest absolute Gasteiger partial charge is 0.165 e. The van der Waals surface area contributed by atoms with Crippen molar-refractivity contribution in [3.63, 3.8) is 0 Å². The highest BCUT2D eigenvalue weighted by Gasteiger charge is 2.23. The molecule has 0 spiro atoms. The molecule has 1 fully saturated rings. The Balaban J connectivity index is 0.00000200. The van der Waals surface area contributed by atoms with Crippen molar-refractivity contribution >= 4 is 12.4 Å². The van der Waals surface area contributed by atoms with E-state index in [-0.39, 0.29) is 12.4 Å². The molecule has 0 amide bonds. The van der Waals surface area contributed by atoms with E-state index in [2.05, 4.69) is 30.1 Å². The Hall–Kier alpha value is -0.970. The lowest BCUT2D eigenvalue weighted by Gasteiger charge is -2.37. The van der Waals surface area contributed by atoms with Crippen LogP contribution in [0, 0.1) is 0 Å². The number of para-hydroxylation sites is 1. The molecule has 0 radical (unpaired) electrons. The number of halogens is 1. The lowest BCUT2D eigenvalue weighted by atomic mass is 10.1. The zero-order chi connectivity index (χ0) is 13.8. The molecule has 0 aliphatic carbocycles. The highest BCUT2D eigenvalue weighted by Crippen LogP contribution is 2.32. The first-order valence-electron chi connectivity index (χ1n) is 6.83. The summed E-state index contributed by atoms with van der Waals surface area (Å²) in [5.41, 5.74) is 1.18. The highest BCUT2D eigenvalue weighted by atomic mass is 35.5. The van der Waals surface area contributed by atoms with Gasteiger partial charge in [0.15, 0.2) is 11.5 Å². The van der Waals surface area contributed by atoms with E-state index in [0.717, 1.165) is 31.1 Å². The lowest BCUT2D eigenvalue weighted by Crippen LogP contribution is -2.53. The summed E-state index contributed by atoms with van der Waals surface area (Å²) in [4.78, 5) is 2.48. The van der Waals surface area contributed by atoms with Gasteiger partial charge in [0.2, 0.25) is 0 Å². The van der Waals surface area contributed by atoms with Crippen molar-refractivity contribution in [1.29, 1.82) is 0 Å². The fourth-order valence-corrected chi connectivity index (χ4v) is 2.61. The topological polar surface area (TPSA) is 33.7 Å². The number of methoxy groups -OCH3 is 2. The molecule has 20 heavy (non-hydrogen) atoms. The van der Waals surface area contributed by atoms with E-state index in [9.17, 15) is 0 Å². The molecule has 2 unspecified atom stereocenters. The van der Waals surface area contributed by atoms with E-state index in [0.29, 0.717) is 12.1 Å². The van der Waals surface area contributed by atoms with Crippen LogP contribution in [0.5, 0.6) is 11.5 Å². The summed E-state index contributed by atoms with van der Waals surface area (Å²) in [6.07, 6.45) is 0. The molecule has 1 heterocycles. The van der Waals surface area contributed by atoms with E-state index in [1.54, 1.807) is 14.2 Å². The minimum absolute atomic E-state index is 0. The van der Waals surface area contributed by atoms with E-state index in [4.69, 9.17) is 9.47 Å². The molecule has 1 N–H and O–H groups in total. The summed E-state index contributed by atoms with van der Waals surface area (Å²) >= 11 is 0. The number of hydrogen-bond donors (Lipinski definition) is 1. The van der Waals surface area contributed by atoms with Crippen LogP contribution in [0.25, 0.3) is 0 Å². The van der Waals surface area contributed by atoms with Crippen molar-refractivity contribution in [3.8, 4) is 11.5 Å². The second-order valence-electron chi connectivity index (χ2n) is 5.24. The van der Waals surface area contributed by atoms with Crippen LogP contribution < -0.4 is 14.8 Å².